The summed E-state index contributed by atoms with van der Waals surface area (Å²) >= 11 is 0. The van der Waals surface area contributed by atoms with Crippen molar-refractivity contribution in [1.29, 1.82) is 0 Å². The molecule has 2 rings (SSSR count). The second-order valence-electron chi connectivity index (χ2n) is 7.28. The molecule has 2 heterocycles. The van der Waals surface area contributed by atoms with Crippen molar-refractivity contribution in [2.45, 2.75) is 65.1 Å². The number of carbonyl (C=O) groups is 1. The topological polar surface area (TPSA) is 62.2 Å². The van der Waals surface area contributed by atoms with Crippen molar-refractivity contribution in [2.24, 2.45) is 5.92 Å². The molecule has 0 saturated carbocycles. The summed E-state index contributed by atoms with van der Waals surface area (Å²) in [4.78, 5) is 18.8. The van der Waals surface area contributed by atoms with E-state index in [0.717, 1.165) is 19.6 Å². The molecule has 1 aromatic rings. The van der Waals surface area contributed by atoms with Crippen molar-refractivity contribution in [3.05, 3.63) is 18.7 Å². The average Bonchev–Trinajstić information content (AvgIpc) is 2.88. The number of hydrogen-bond acceptors (Lipinski definition) is 3. The fourth-order valence-electron chi connectivity index (χ4n) is 3.44. The molecule has 0 aliphatic carbocycles. The van der Waals surface area contributed by atoms with Gasteiger partial charge in [0, 0.05) is 37.6 Å². The first-order chi connectivity index (χ1) is 11.6. The molecular formula is C18H33N5O. The highest BCUT2D eigenvalue weighted by Gasteiger charge is 2.23. The summed E-state index contributed by atoms with van der Waals surface area (Å²) in [7, 11) is 0. The summed E-state index contributed by atoms with van der Waals surface area (Å²) in [5.74, 6) is 0.534. The molecular weight excluding hydrogens is 302 g/mol. The average molecular weight is 335 g/mol. The van der Waals surface area contributed by atoms with E-state index in [-0.39, 0.29) is 12.1 Å². The second kappa shape index (κ2) is 9.67. The maximum Gasteiger partial charge on any atom is 0.315 e. The van der Waals surface area contributed by atoms with Gasteiger partial charge in [0.2, 0.25) is 0 Å². The Morgan fingerprint density at radius 1 is 1.17 bits per heavy atom. The molecule has 6 heteroatoms. The molecule has 0 radical (unpaired) electrons. The molecule has 0 aromatic carbocycles. The van der Waals surface area contributed by atoms with Crippen molar-refractivity contribution < 1.29 is 4.79 Å². The highest BCUT2D eigenvalue weighted by molar-refractivity contribution is 5.74. The monoisotopic (exact) mass is 335 g/mol. The lowest BCUT2D eigenvalue weighted by Gasteiger charge is -2.33. The van der Waals surface area contributed by atoms with E-state index in [2.05, 4.69) is 34.4 Å². The zero-order valence-electron chi connectivity index (χ0n) is 15.4. The number of rotatable bonds is 7. The van der Waals surface area contributed by atoms with Crippen LogP contribution in [0.3, 0.4) is 0 Å². The van der Waals surface area contributed by atoms with Gasteiger partial charge in [-0.1, -0.05) is 26.7 Å². The van der Waals surface area contributed by atoms with Crippen LogP contribution in [0.5, 0.6) is 0 Å². The summed E-state index contributed by atoms with van der Waals surface area (Å²) in [5.41, 5.74) is 0. The van der Waals surface area contributed by atoms with E-state index >= 15 is 0 Å². The van der Waals surface area contributed by atoms with Crippen molar-refractivity contribution in [3.63, 3.8) is 0 Å². The largest absolute Gasteiger partial charge is 0.337 e. The lowest BCUT2D eigenvalue weighted by Crippen LogP contribution is -2.50. The minimum Gasteiger partial charge on any atom is -0.337 e. The van der Waals surface area contributed by atoms with Crippen molar-refractivity contribution >= 4 is 6.03 Å². The third-order valence-corrected chi connectivity index (χ3v) is 4.77. The van der Waals surface area contributed by atoms with Gasteiger partial charge in [-0.25, -0.2) is 9.78 Å². The number of imidazole rings is 1. The van der Waals surface area contributed by atoms with Gasteiger partial charge in [0.05, 0.1) is 6.33 Å². The number of nitrogens with zero attached hydrogens (tertiary/aromatic N) is 3. The van der Waals surface area contributed by atoms with Gasteiger partial charge in [0.15, 0.2) is 0 Å². The number of likely N-dealkylation sites (tertiary alicyclic amines) is 1. The minimum atomic E-state index is -0.0805. The SMILES string of the molecule is CC(C)[C@@H](CNC(=O)N[C@@H](C)Cn1ccnc1)N1CCCCCC1. The third kappa shape index (κ3) is 6.15. The van der Waals surface area contributed by atoms with Gasteiger partial charge in [-0.2, -0.15) is 0 Å². The van der Waals surface area contributed by atoms with Crippen LogP contribution in [0.25, 0.3) is 0 Å². The molecule has 136 valence electrons. The van der Waals surface area contributed by atoms with Crippen LogP contribution in [0, 0.1) is 5.92 Å². The fraction of sp³-hybridized carbons (Fsp3) is 0.778. The summed E-state index contributed by atoms with van der Waals surface area (Å²) in [5, 5.41) is 6.09. The van der Waals surface area contributed by atoms with Gasteiger partial charge in [0.25, 0.3) is 0 Å². The van der Waals surface area contributed by atoms with E-state index in [9.17, 15) is 4.79 Å². The van der Waals surface area contributed by atoms with Crippen LogP contribution in [0.15, 0.2) is 18.7 Å². The second-order valence-corrected chi connectivity index (χ2v) is 7.28. The molecule has 24 heavy (non-hydrogen) atoms. The molecule has 1 fully saturated rings. The van der Waals surface area contributed by atoms with Gasteiger partial charge in [0.1, 0.15) is 0 Å². The Labute approximate surface area is 146 Å². The van der Waals surface area contributed by atoms with Gasteiger partial charge < -0.3 is 15.2 Å². The maximum atomic E-state index is 12.2. The quantitative estimate of drug-likeness (QED) is 0.805. The number of amides is 2. The predicted molar refractivity (Wildman–Crippen MR) is 96.9 cm³/mol. The molecule has 2 amide bonds. The van der Waals surface area contributed by atoms with E-state index in [0.29, 0.717) is 18.5 Å². The number of urea groups is 1. The lowest BCUT2D eigenvalue weighted by molar-refractivity contribution is 0.156. The molecule has 0 bridgehead atoms. The Balaban J connectivity index is 1.76. The van der Waals surface area contributed by atoms with Crippen LogP contribution in [-0.2, 0) is 6.54 Å². The van der Waals surface area contributed by atoms with Crippen LogP contribution in [0.2, 0.25) is 0 Å². The third-order valence-electron chi connectivity index (χ3n) is 4.77. The van der Waals surface area contributed by atoms with Crippen LogP contribution < -0.4 is 10.6 Å². The Morgan fingerprint density at radius 3 is 2.46 bits per heavy atom. The standard InChI is InChI=1S/C18H33N5O/c1-15(2)17(23-9-6-4-5-7-10-23)12-20-18(24)21-16(3)13-22-11-8-19-14-22/h8,11,14-17H,4-7,9-10,12-13H2,1-3H3,(H2,20,21,24)/t16-,17+/m0/s1. The summed E-state index contributed by atoms with van der Waals surface area (Å²) in [6, 6.07) is 0.399. The first-order valence-electron chi connectivity index (χ1n) is 9.30. The van der Waals surface area contributed by atoms with Gasteiger partial charge in [-0.05, 0) is 38.8 Å². The Hall–Kier alpha value is -1.56. The normalized spacial score (nSPS) is 18.8. The molecule has 1 aliphatic heterocycles. The van der Waals surface area contributed by atoms with Crippen LogP contribution in [0.4, 0.5) is 4.79 Å². The number of aromatic nitrogens is 2. The highest BCUT2D eigenvalue weighted by atomic mass is 16.2. The van der Waals surface area contributed by atoms with E-state index in [1.54, 1.807) is 12.5 Å². The number of carbonyl (C=O) groups excluding carboxylic acids is 1. The van der Waals surface area contributed by atoms with Crippen LogP contribution >= 0.6 is 0 Å². The first kappa shape index (κ1) is 18.8. The molecule has 1 aromatic heterocycles. The zero-order valence-corrected chi connectivity index (χ0v) is 15.4. The Morgan fingerprint density at radius 2 is 1.88 bits per heavy atom. The molecule has 0 unspecified atom stereocenters. The van der Waals surface area contributed by atoms with Gasteiger partial charge in [-0.15, -0.1) is 0 Å². The number of nitrogens with one attached hydrogen (secondary N) is 2. The van der Waals surface area contributed by atoms with Crippen molar-refractivity contribution in [3.8, 4) is 0 Å². The molecule has 2 N–H and O–H groups in total. The van der Waals surface area contributed by atoms with Crippen LogP contribution in [-0.4, -0.2) is 52.2 Å². The van der Waals surface area contributed by atoms with E-state index in [1.807, 2.05) is 17.7 Å². The summed E-state index contributed by atoms with van der Waals surface area (Å²) < 4.78 is 1.97. The van der Waals surface area contributed by atoms with E-state index < -0.39 is 0 Å². The predicted octanol–water partition coefficient (Wildman–Crippen LogP) is 2.47. The van der Waals surface area contributed by atoms with E-state index in [1.165, 1.54) is 25.7 Å². The molecule has 1 aliphatic rings. The summed E-state index contributed by atoms with van der Waals surface area (Å²) in [6.45, 7) is 10.3. The first-order valence-corrected chi connectivity index (χ1v) is 9.30. The van der Waals surface area contributed by atoms with Crippen molar-refractivity contribution in [2.75, 3.05) is 19.6 Å². The van der Waals surface area contributed by atoms with Crippen molar-refractivity contribution in [1.82, 2.24) is 25.1 Å². The van der Waals surface area contributed by atoms with E-state index in [4.69, 9.17) is 0 Å². The van der Waals surface area contributed by atoms with Gasteiger partial charge >= 0.3 is 6.03 Å². The molecule has 2 atom stereocenters. The summed E-state index contributed by atoms with van der Waals surface area (Å²) in [6.07, 6.45) is 10.6. The smallest absolute Gasteiger partial charge is 0.315 e. The van der Waals surface area contributed by atoms with Gasteiger partial charge in [-0.3, -0.25) is 4.90 Å². The zero-order chi connectivity index (χ0) is 17.4. The molecule has 0 spiro atoms. The molecule has 6 nitrogen and oxygen atoms in total. The Kier molecular flexibility index (Phi) is 7.56. The maximum absolute atomic E-state index is 12.2. The molecule has 1 saturated heterocycles. The Bertz CT molecular complexity index is 466. The fourth-order valence-corrected chi connectivity index (χ4v) is 3.44. The lowest BCUT2D eigenvalue weighted by atomic mass is 10.0. The highest BCUT2D eigenvalue weighted by Crippen LogP contribution is 2.17. The minimum absolute atomic E-state index is 0.0647. The number of hydrogen-bond donors (Lipinski definition) is 2. The van der Waals surface area contributed by atoms with Crippen LogP contribution in [0.1, 0.15) is 46.5 Å².